The Hall–Kier alpha value is -1.69. The minimum atomic E-state index is 0.172. The summed E-state index contributed by atoms with van der Waals surface area (Å²) in [6.45, 7) is 13.7. The minimum absolute atomic E-state index is 0.172. The van der Waals surface area contributed by atoms with Crippen LogP contribution in [0.25, 0.3) is 16.8 Å². The largest absolute Gasteiger partial charge is 0.108 e. The van der Waals surface area contributed by atoms with E-state index in [1.165, 1.54) is 33.0 Å². The summed E-state index contributed by atoms with van der Waals surface area (Å²) in [5, 5.41) is 2.78. The zero-order valence-corrected chi connectivity index (χ0v) is 14.0. The lowest BCUT2D eigenvalue weighted by Gasteiger charge is -2.23. The first kappa shape index (κ1) is 14.3. The molecule has 0 nitrogen and oxygen atoms in total. The van der Waals surface area contributed by atoms with Crippen molar-refractivity contribution >= 4 is 16.8 Å². The number of allylic oxidation sites excluding steroid dienone is 1. The molecular formula is C21H25+. The Labute approximate surface area is 128 Å². The topological polar surface area (TPSA) is 0 Å². The maximum atomic E-state index is 2.36. The van der Waals surface area contributed by atoms with Crippen LogP contribution < -0.4 is 0 Å². The van der Waals surface area contributed by atoms with Crippen LogP contribution >= 0.6 is 0 Å². The summed E-state index contributed by atoms with van der Waals surface area (Å²) in [5.74, 6) is 0. The van der Waals surface area contributed by atoms with E-state index < -0.39 is 0 Å². The van der Waals surface area contributed by atoms with Crippen LogP contribution in [-0.4, -0.2) is 0 Å². The zero-order valence-electron chi connectivity index (χ0n) is 14.0. The molecule has 0 heteroatoms. The summed E-state index contributed by atoms with van der Waals surface area (Å²) in [7, 11) is 0. The van der Waals surface area contributed by atoms with Gasteiger partial charge in [-0.1, -0.05) is 20.8 Å². The normalized spacial score (nSPS) is 14.4. The van der Waals surface area contributed by atoms with Gasteiger partial charge in [0.1, 0.15) is 5.56 Å². The van der Waals surface area contributed by atoms with E-state index in [2.05, 4.69) is 84.4 Å². The quantitative estimate of drug-likeness (QED) is 0.517. The molecule has 2 aromatic rings. The molecular weight excluding hydrogens is 252 g/mol. The molecule has 0 saturated carbocycles. The Morgan fingerprint density at radius 3 is 2.19 bits per heavy atom. The minimum Gasteiger partial charge on any atom is -0.0561 e. The van der Waals surface area contributed by atoms with Gasteiger partial charge in [-0.15, -0.1) is 0 Å². The van der Waals surface area contributed by atoms with E-state index in [9.17, 15) is 0 Å². The molecule has 1 aliphatic rings. The molecule has 3 rings (SSSR count). The predicted octanol–water partition coefficient (Wildman–Crippen LogP) is 6.01. The smallest absolute Gasteiger partial charge is 0.0561 e. The van der Waals surface area contributed by atoms with Crippen LogP contribution in [0.3, 0.4) is 0 Å². The fourth-order valence-electron chi connectivity index (χ4n) is 3.17. The van der Waals surface area contributed by atoms with Crippen LogP contribution in [0.15, 0.2) is 30.3 Å². The van der Waals surface area contributed by atoms with Crippen molar-refractivity contribution < 1.29 is 0 Å². The van der Waals surface area contributed by atoms with Gasteiger partial charge in [0, 0.05) is 34.9 Å². The first-order valence-corrected chi connectivity index (χ1v) is 7.81. The second-order valence-corrected chi connectivity index (χ2v) is 8.22. The lowest BCUT2D eigenvalue weighted by molar-refractivity contribution is 0.587. The van der Waals surface area contributed by atoms with E-state index in [0.29, 0.717) is 0 Å². The van der Waals surface area contributed by atoms with Gasteiger partial charge in [-0.05, 0) is 56.0 Å². The number of rotatable bonds is 0. The maximum absolute atomic E-state index is 2.36. The summed E-state index contributed by atoms with van der Waals surface area (Å²) in [4.78, 5) is 0. The fraction of sp³-hybridized carbons (Fsp3) is 0.381. The molecule has 21 heavy (non-hydrogen) atoms. The highest BCUT2D eigenvalue weighted by atomic mass is 14.3. The van der Waals surface area contributed by atoms with E-state index in [-0.39, 0.29) is 10.8 Å². The fourth-order valence-corrected chi connectivity index (χ4v) is 3.17. The molecule has 0 N–H and O–H groups in total. The Balaban J connectivity index is 2.36. The molecule has 0 radical (unpaired) electrons. The summed E-state index contributed by atoms with van der Waals surface area (Å²) < 4.78 is 0. The molecule has 0 aromatic heterocycles. The highest BCUT2D eigenvalue weighted by molar-refractivity contribution is 5.98. The van der Waals surface area contributed by atoms with Crippen molar-refractivity contribution in [2.75, 3.05) is 0 Å². The van der Waals surface area contributed by atoms with Crippen LogP contribution in [0.1, 0.15) is 63.8 Å². The SMILES string of the molecule is CC(C)(C)c1cc2c3c(c(C(C)(C)C)ccc3c1)[CH+]C=C2. The highest BCUT2D eigenvalue weighted by Gasteiger charge is 2.28. The van der Waals surface area contributed by atoms with Gasteiger partial charge < -0.3 is 0 Å². The number of hydrogen-bond donors (Lipinski definition) is 0. The van der Waals surface area contributed by atoms with Crippen LogP contribution in [-0.2, 0) is 10.8 Å². The van der Waals surface area contributed by atoms with Gasteiger partial charge in [0.2, 0.25) is 0 Å². The van der Waals surface area contributed by atoms with Gasteiger partial charge >= 0.3 is 0 Å². The third-order valence-corrected chi connectivity index (χ3v) is 4.40. The third kappa shape index (κ3) is 2.37. The molecule has 0 saturated heterocycles. The van der Waals surface area contributed by atoms with Crippen LogP contribution in [0, 0.1) is 6.42 Å². The van der Waals surface area contributed by atoms with Crippen molar-refractivity contribution in [3.8, 4) is 0 Å². The molecule has 0 aliphatic heterocycles. The van der Waals surface area contributed by atoms with Crippen LogP contribution in [0.5, 0.6) is 0 Å². The molecule has 0 fully saturated rings. The summed E-state index contributed by atoms with van der Waals surface area (Å²) in [5.41, 5.74) is 5.96. The monoisotopic (exact) mass is 277 g/mol. The van der Waals surface area contributed by atoms with Gasteiger partial charge in [-0.25, -0.2) is 0 Å². The Bertz CT molecular complexity index is 731. The van der Waals surface area contributed by atoms with Crippen molar-refractivity contribution in [2.45, 2.75) is 52.4 Å². The van der Waals surface area contributed by atoms with Gasteiger partial charge in [0.15, 0.2) is 0 Å². The first-order chi connectivity index (χ1) is 9.68. The molecule has 0 unspecified atom stereocenters. The van der Waals surface area contributed by atoms with Crippen molar-refractivity contribution in [1.82, 2.24) is 0 Å². The average molecular weight is 277 g/mol. The first-order valence-electron chi connectivity index (χ1n) is 7.81. The van der Waals surface area contributed by atoms with Crippen molar-refractivity contribution in [2.24, 2.45) is 0 Å². The number of benzene rings is 2. The molecule has 0 spiro atoms. The second kappa shape index (κ2) is 4.40. The zero-order chi connectivity index (χ0) is 15.4. The lowest BCUT2D eigenvalue weighted by Crippen LogP contribution is -2.16. The third-order valence-electron chi connectivity index (χ3n) is 4.40. The highest BCUT2D eigenvalue weighted by Crippen LogP contribution is 2.39. The molecule has 1 aliphatic carbocycles. The van der Waals surface area contributed by atoms with E-state index in [0.717, 1.165) is 0 Å². The van der Waals surface area contributed by atoms with Crippen LogP contribution in [0.2, 0.25) is 0 Å². The second-order valence-electron chi connectivity index (χ2n) is 8.22. The van der Waals surface area contributed by atoms with Crippen molar-refractivity contribution in [3.05, 3.63) is 59.0 Å². The Morgan fingerprint density at radius 1 is 0.857 bits per heavy atom. The van der Waals surface area contributed by atoms with Crippen molar-refractivity contribution in [1.29, 1.82) is 0 Å². The lowest BCUT2D eigenvalue weighted by atomic mass is 9.77. The number of hydrogen-bond acceptors (Lipinski definition) is 0. The maximum Gasteiger partial charge on any atom is 0.108 e. The van der Waals surface area contributed by atoms with Crippen molar-refractivity contribution in [3.63, 3.8) is 0 Å². The van der Waals surface area contributed by atoms with Gasteiger partial charge in [0.25, 0.3) is 0 Å². The molecule has 0 amide bonds. The average Bonchev–Trinajstić information content (AvgIpc) is 2.36. The molecule has 108 valence electrons. The molecule has 0 bridgehead atoms. The van der Waals surface area contributed by atoms with E-state index in [4.69, 9.17) is 0 Å². The van der Waals surface area contributed by atoms with Gasteiger partial charge in [-0.3, -0.25) is 0 Å². The standard InChI is InChI=1S/C21H25/c1-20(2,3)16-12-14-8-7-9-17-18(21(4,5)6)11-10-15(13-16)19(14)17/h7-13H,1-6H3/q+1. The molecule has 0 atom stereocenters. The summed E-state index contributed by atoms with van der Waals surface area (Å²) in [6, 6.07) is 9.33. The molecule has 2 aromatic carbocycles. The van der Waals surface area contributed by atoms with Crippen LogP contribution in [0.4, 0.5) is 0 Å². The molecule has 0 heterocycles. The van der Waals surface area contributed by atoms with Gasteiger partial charge in [0.05, 0.1) is 10.9 Å². The van der Waals surface area contributed by atoms with E-state index in [1.807, 2.05) is 0 Å². The summed E-state index contributed by atoms with van der Waals surface area (Å²) in [6.07, 6.45) is 6.71. The predicted molar refractivity (Wildman–Crippen MR) is 93.8 cm³/mol. The van der Waals surface area contributed by atoms with Gasteiger partial charge in [-0.2, -0.15) is 0 Å². The Morgan fingerprint density at radius 2 is 1.57 bits per heavy atom. The summed E-state index contributed by atoms with van der Waals surface area (Å²) >= 11 is 0. The van der Waals surface area contributed by atoms with E-state index in [1.54, 1.807) is 0 Å². The Kier molecular flexibility index (Phi) is 2.99. The van der Waals surface area contributed by atoms with E-state index >= 15 is 0 Å².